The van der Waals surface area contributed by atoms with E-state index in [1.807, 2.05) is 0 Å². The van der Waals surface area contributed by atoms with Crippen LogP contribution in [0, 0.1) is 0 Å². The first-order valence-electron chi connectivity index (χ1n) is 5.84. The lowest BCUT2D eigenvalue weighted by atomic mass is 9.88. The minimum Gasteiger partial charge on any atom is -0.303 e. The summed E-state index contributed by atoms with van der Waals surface area (Å²) < 4.78 is 154. The molecule has 1 aromatic rings. The van der Waals surface area contributed by atoms with E-state index >= 15 is 0 Å². The second kappa shape index (κ2) is 6.09. The summed E-state index contributed by atoms with van der Waals surface area (Å²) in [4.78, 5) is 10.3. The third-order valence-electron chi connectivity index (χ3n) is 2.87. The van der Waals surface area contributed by atoms with Crippen molar-refractivity contribution in [1.29, 1.82) is 0 Å². The molecule has 0 bridgehead atoms. The Morgan fingerprint density at radius 2 is 1.04 bits per heavy atom. The molecule has 0 amide bonds. The molecule has 13 heteroatoms. The maximum atomic E-state index is 12.9. The predicted octanol–water partition coefficient (Wildman–Crippen LogP) is 5.50. The van der Waals surface area contributed by atoms with Crippen molar-refractivity contribution in [3.05, 3.63) is 33.9 Å². The van der Waals surface area contributed by atoms with Gasteiger partial charge in [-0.1, -0.05) is 0 Å². The lowest BCUT2D eigenvalue weighted by Crippen LogP contribution is -2.29. The van der Waals surface area contributed by atoms with E-state index in [0.29, 0.717) is 0 Å². The van der Waals surface area contributed by atoms with E-state index in [-0.39, 0.29) is 0 Å². The van der Waals surface area contributed by atoms with Crippen molar-refractivity contribution in [3.63, 3.8) is 0 Å². The van der Waals surface area contributed by atoms with Crippen molar-refractivity contribution in [2.75, 3.05) is 0 Å². The molecule has 0 spiro atoms. The fourth-order valence-electron chi connectivity index (χ4n) is 2.11. The Bertz CT molecular complexity index is 659. The van der Waals surface area contributed by atoms with Gasteiger partial charge in [0, 0.05) is 6.42 Å². The fraction of sp³-hybridized carbons (Fsp3) is 0.417. The van der Waals surface area contributed by atoms with E-state index in [4.69, 9.17) is 0 Å². The summed E-state index contributed by atoms with van der Waals surface area (Å²) in [6.07, 6.45) is -27.0. The van der Waals surface area contributed by atoms with E-state index < -0.39 is 71.3 Å². The van der Waals surface area contributed by atoms with Crippen LogP contribution in [-0.2, 0) is 35.9 Å². The molecule has 0 N–H and O–H groups in total. The maximum absolute atomic E-state index is 12.9. The molecule has 142 valence electrons. The van der Waals surface area contributed by atoms with Crippen LogP contribution in [0.5, 0.6) is 0 Å². The first kappa shape index (κ1) is 21.1. The number of benzene rings is 1. The Morgan fingerprint density at radius 1 is 0.640 bits per heavy atom. The predicted molar refractivity (Wildman–Crippen MR) is 56.2 cm³/mol. The molecule has 0 aromatic heterocycles. The van der Waals surface area contributed by atoms with Gasteiger partial charge in [0.2, 0.25) is 0 Å². The fourth-order valence-corrected chi connectivity index (χ4v) is 2.11. The van der Waals surface area contributed by atoms with Crippen LogP contribution < -0.4 is 0 Å². The molecule has 25 heavy (non-hydrogen) atoms. The Hall–Kier alpha value is -1.95. The quantitative estimate of drug-likeness (QED) is 0.480. The third-order valence-corrected chi connectivity index (χ3v) is 2.87. The van der Waals surface area contributed by atoms with E-state index in [2.05, 4.69) is 0 Å². The van der Waals surface area contributed by atoms with Gasteiger partial charge in [0.25, 0.3) is 0 Å². The van der Waals surface area contributed by atoms with Crippen LogP contribution in [0.2, 0.25) is 0 Å². The number of carbonyl (C=O) groups excluding carboxylic acids is 1. The van der Waals surface area contributed by atoms with E-state index in [1.54, 1.807) is 0 Å². The summed E-state index contributed by atoms with van der Waals surface area (Å²) in [5, 5.41) is 0. The zero-order valence-electron chi connectivity index (χ0n) is 11.3. The van der Waals surface area contributed by atoms with Gasteiger partial charge in [-0.2, -0.15) is 52.7 Å². The number of rotatable bonds is 2. The highest BCUT2D eigenvalue weighted by Gasteiger charge is 2.55. The monoisotopic (exact) mass is 392 g/mol. The van der Waals surface area contributed by atoms with Crippen molar-refractivity contribution in [3.8, 4) is 0 Å². The third kappa shape index (κ3) is 4.37. The molecular weight excluding hydrogens is 388 g/mol. The summed E-state index contributed by atoms with van der Waals surface area (Å²) in [7, 11) is 0. The van der Waals surface area contributed by atoms with Crippen LogP contribution in [-0.4, -0.2) is 6.29 Å². The van der Waals surface area contributed by atoms with E-state index in [1.165, 1.54) is 0 Å². The van der Waals surface area contributed by atoms with Gasteiger partial charge in [-0.05, 0) is 11.6 Å². The Balaban J connectivity index is 4.27. The zero-order chi connectivity index (χ0) is 20.0. The molecule has 0 fully saturated rings. The molecule has 1 rings (SSSR count). The number of hydrogen-bond acceptors (Lipinski definition) is 1. The average Bonchev–Trinajstić information content (AvgIpc) is 2.32. The van der Waals surface area contributed by atoms with Crippen LogP contribution in [0.25, 0.3) is 0 Å². The average molecular weight is 392 g/mol. The molecule has 0 atom stereocenters. The molecule has 0 heterocycles. The van der Waals surface area contributed by atoms with Crippen LogP contribution in [0.4, 0.5) is 52.7 Å². The number of hydrogen-bond donors (Lipinski definition) is 0. The van der Waals surface area contributed by atoms with Crippen molar-refractivity contribution in [2.45, 2.75) is 31.1 Å². The number of carbonyl (C=O) groups is 1. The lowest BCUT2D eigenvalue weighted by molar-refractivity contribution is -0.182. The van der Waals surface area contributed by atoms with Gasteiger partial charge in [-0.15, -0.1) is 0 Å². The van der Waals surface area contributed by atoms with Gasteiger partial charge >= 0.3 is 24.7 Å². The van der Waals surface area contributed by atoms with Crippen molar-refractivity contribution in [2.24, 2.45) is 0 Å². The topological polar surface area (TPSA) is 17.1 Å². The molecule has 0 saturated heterocycles. The van der Waals surface area contributed by atoms with E-state index in [9.17, 15) is 57.5 Å². The molecule has 0 aliphatic rings. The van der Waals surface area contributed by atoms with E-state index in [0.717, 1.165) is 0 Å². The van der Waals surface area contributed by atoms with Crippen molar-refractivity contribution < 1.29 is 57.5 Å². The summed E-state index contributed by atoms with van der Waals surface area (Å²) in [6.45, 7) is 0. The lowest BCUT2D eigenvalue weighted by Gasteiger charge is -2.26. The molecule has 0 saturated carbocycles. The van der Waals surface area contributed by atoms with Crippen LogP contribution in [0.1, 0.15) is 27.8 Å². The van der Waals surface area contributed by atoms with Gasteiger partial charge in [0.05, 0.1) is 22.3 Å². The molecule has 0 aliphatic carbocycles. The Labute approximate surface area is 130 Å². The molecular formula is C12H4F12O. The normalized spacial score (nSPS) is 13.9. The smallest absolute Gasteiger partial charge is 0.303 e. The Kier molecular flexibility index (Phi) is 5.14. The summed E-state index contributed by atoms with van der Waals surface area (Å²) in [5.41, 5.74) is -14.8. The minimum atomic E-state index is -6.42. The summed E-state index contributed by atoms with van der Waals surface area (Å²) in [5.74, 6) is 0. The standard InChI is InChI=1S/C12H4F12O/c13-9(14,15)5-3-4(1-2-25)6(10(16,17)18)8(12(22,23)24)7(5)11(19,20)21/h2-3H,1H2. The Morgan fingerprint density at radius 3 is 1.32 bits per heavy atom. The SMILES string of the molecule is O=CCc1cc(C(F)(F)F)c(C(F)(F)F)c(C(F)(F)F)c1C(F)(F)F. The largest absolute Gasteiger partial charge is 0.417 e. The summed E-state index contributed by atoms with van der Waals surface area (Å²) in [6, 6.07) is -0.741. The van der Waals surface area contributed by atoms with Gasteiger partial charge < -0.3 is 4.79 Å². The maximum Gasteiger partial charge on any atom is 0.417 e. The minimum absolute atomic E-state index is 0.460. The molecule has 0 aliphatic heterocycles. The first-order valence-corrected chi connectivity index (χ1v) is 5.84. The molecule has 1 aromatic carbocycles. The van der Waals surface area contributed by atoms with Crippen LogP contribution >= 0.6 is 0 Å². The van der Waals surface area contributed by atoms with Crippen LogP contribution in [0.3, 0.4) is 0 Å². The first-order chi connectivity index (χ1) is 10.9. The number of alkyl halides is 12. The highest BCUT2D eigenvalue weighted by Crippen LogP contribution is 2.52. The zero-order valence-corrected chi connectivity index (χ0v) is 11.3. The van der Waals surface area contributed by atoms with Crippen molar-refractivity contribution >= 4 is 6.29 Å². The molecule has 0 radical (unpaired) electrons. The molecule has 0 unspecified atom stereocenters. The highest BCUT2D eigenvalue weighted by molar-refractivity contribution is 5.60. The number of halogens is 12. The highest BCUT2D eigenvalue weighted by atomic mass is 19.4. The van der Waals surface area contributed by atoms with Crippen molar-refractivity contribution in [1.82, 2.24) is 0 Å². The van der Waals surface area contributed by atoms with Crippen LogP contribution in [0.15, 0.2) is 6.07 Å². The second-order valence-corrected chi connectivity index (χ2v) is 4.57. The second-order valence-electron chi connectivity index (χ2n) is 4.57. The molecule has 1 nitrogen and oxygen atoms in total. The summed E-state index contributed by atoms with van der Waals surface area (Å²) >= 11 is 0. The van der Waals surface area contributed by atoms with Gasteiger partial charge in [0.1, 0.15) is 6.29 Å². The van der Waals surface area contributed by atoms with Gasteiger partial charge in [-0.3, -0.25) is 0 Å². The van der Waals surface area contributed by atoms with Gasteiger partial charge in [-0.25, -0.2) is 0 Å². The number of aldehydes is 1. The van der Waals surface area contributed by atoms with Gasteiger partial charge in [0.15, 0.2) is 0 Å².